The van der Waals surface area contributed by atoms with Crippen LogP contribution in [-0.4, -0.2) is 49.9 Å². The van der Waals surface area contributed by atoms with Crippen LogP contribution < -0.4 is 0 Å². The molecule has 1 aliphatic carbocycles. The van der Waals surface area contributed by atoms with Gasteiger partial charge in [-0.2, -0.15) is 0 Å². The second-order valence-corrected chi connectivity index (χ2v) is 3.91. The highest BCUT2D eigenvalue weighted by atomic mass is 16.7. The zero-order valence-corrected chi connectivity index (χ0v) is 10.3. The normalized spacial score (nSPS) is 23.0. The average molecular weight is 262 g/mol. The third kappa shape index (κ3) is 5.22. The van der Waals surface area contributed by atoms with E-state index in [-0.39, 0.29) is 13.2 Å². The van der Waals surface area contributed by atoms with E-state index in [2.05, 4.69) is 14.2 Å². The minimum absolute atomic E-state index is 0.102. The van der Waals surface area contributed by atoms with Crippen molar-refractivity contribution in [1.82, 2.24) is 0 Å². The quantitative estimate of drug-likeness (QED) is 0.601. The molecule has 0 aliphatic heterocycles. The molecule has 1 N–H and O–H groups in total. The topological polar surface area (TPSA) is 91.3 Å². The number of hydrogen-bond donors (Lipinski definition) is 1. The van der Waals surface area contributed by atoms with Crippen molar-refractivity contribution in [2.24, 2.45) is 0 Å². The first kappa shape index (κ1) is 14.6. The predicted molar refractivity (Wildman–Crippen MR) is 59.1 cm³/mol. The maximum absolute atomic E-state index is 11.2. The maximum Gasteiger partial charge on any atom is 0.508 e. The predicted octanol–water partition coefficient (Wildman–Crippen LogP) is 1.23. The van der Waals surface area contributed by atoms with E-state index in [9.17, 15) is 14.7 Å². The van der Waals surface area contributed by atoms with Gasteiger partial charge in [0.25, 0.3) is 0 Å². The fourth-order valence-corrected chi connectivity index (χ4v) is 1.68. The summed E-state index contributed by atoms with van der Waals surface area (Å²) in [7, 11) is 1.18. The second kappa shape index (κ2) is 7.75. The standard InChI is InChI=1S/C11H18O7/c1-15-10(13)16-6-7-17-11(14)18-9-5-3-2-4-8(9)12/h8-9,12H,2-7H2,1H3. The van der Waals surface area contributed by atoms with Gasteiger partial charge in [-0.05, 0) is 19.3 Å². The first-order chi connectivity index (χ1) is 8.63. The van der Waals surface area contributed by atoms with Crippen molar-refractivity contribution in [3.8, 4) is 0 Å². The highest BCUT2D eigenvalue weighted by molar-refractivity contribution is 5.60. The minimum atomic E-state index is -0.866. The number of rotatable bonds is 4. The molecule has 1 fully saturated rings. The summed E-state index contributed by atoms with van der Waals surface area (Å²) >= 11 is 0. The Balaban J connectivity index is 2.11. The molecular weight excluding hydrogens is 244 g/mol. The fourth-order valence-electron chi connectivity index (χ4n) is 1.68. The summed E-state index contributed by atoms with van der Waals surface area (Å²) < 4.78 is 18.4. The van der Waals surface area contributed by atoms with E-state index in [1.54, 1.807) is 0 Å². The molecule has 7 heteroatoms. The molecule has 0 aromatic heterocycles. The van der Waals surface area contributed by atoms with E-state index in [1.807, 2.05) is 0 Å². The fraction of sp³-hybridized carbons (Fsp3) is 0.818. The SMILES string of the molecule is COC(=O)OCCOC(=O)OC1CCCCC1O. The Labute approximate surface area is 105 Å². The number of aliphatic hydroxyl groups is 1. The molecule has 0 spiro atoms. The van der Waals surface area contributed by atoms with Crippen LogP contribution in [0, 0.1) is 0 Å². The molecule has 0 amide bonds. The minimum Gasteiger partial charge on any atom is -0.438 e. The molecule has 7 nitrogen and oxygen atoms in total. The average Bonchev–Trinajstić information content (AvgIpc) is 2.37. The van der Waals surface area contributed by atoms with Gasteiger partial charge in [0.15, 0.2) is 0 Å². The molecular formula is C11H18O7. The van der Waals surface area contributed by atoms with Gasteiger partial charge < -0.3 is 24.1 Å². The van der Waals surface area contributed by atoms with Crippen LogP contribution in [0.25, 0.3) is 0 Å². The number of carbonyl (C=O) groups is 2. The molecule has 0 aromatic carbocycles. The van der Waals surface area contributed by atoms with Crippen LogP contribution in [0.1, 0.15) is 25.7 Å². The third-order valence-corrected chi connectivity index (χ3v) is 2.61. The van der Waals surface area contributed by atoms with Crippen LogP contribution >= 0.6 is 0 Å². The zero-order valence-electron chi connectivity index (χ0n) is 10.3. The number of ether oxygens (including phenoxy) is 4. The summed E-state index contributed by atoms with van der Waals surface area (Å²) in [6, 6.07) is 0. The van der Waals surface area contributed by atoms with E-state index in [0.29, 0.717) is 12.8 Å². The Morgan fingerprint density at radius 1 is 1.11 bits per heavy atom. The smallest absolute Gasteiger partial charge is 0.438 e. The molecule has 0 bridgehead atoms. The number of carbonyl (C=O) groups excluding carboxylic acids is 2. The van der Waals surface area contributed by atoms with Crippen molar-refractivity contribution in [3.05, 3.63) is 0 Å². The van der Waals surface area contributed by atoms with Gasteiger partial charge in [0.05, 0.1) is 13.2 Å². The first-order valence-corrected chi connectivity index (χ1v) is 5.85. The van der Waals surface area contributed by atoms with Gasteiger partial charge >= 0.3 is 12.3 Å². The summed E-state index contributed by atoms with van der Waals surface area (Å²) in [4.78, 5) is 21.8. The maximum atomic E-state index is 11.2. The lowest BCUT2D eigenvalue weighted by Gasteiger charge is -2.26. The summed E-state index contributed by atoms with van der Waals surface area (Å²) in [5.74, 6) is 0. The monoisotopic (exact) mass is 262 g/mol. The summed E-state index contributed by atoms with van der Waals surface area (Å²) in [5.41, 5.74) is 0. The highest BCUT2D eigenvalue weighted by Gasteiger charge is 2.26. The molecule has 0 saturated heterocycles. The number of hydrogen-bond acceptors (Lipinski definition) is 7. The van der Waals surface area contributed by atoms with Gasteiger partial charge in [0.1, 0.15) is 19.3 Å². The van der Waals surface area contributed by atoms with Crippen molar-refractivity contribution in [1.29, 1.82) is 0 Å². The lowest BCUT2D eigenvalue weighted by Crippen LogP contribution is -2.34. The molecule has 0 aromatic rings. The molecule has 18 heavy (non-hydrogen) atoms. The van der Waals surface area contributed by atoms with Gasteiger partial charge in [-0.15, -0.1) is 0 Å². The largest absolute Gasteiger partial charge is 0.508 e. The van der Waals surface area contributed by atoms with Gasteiger partial charge in [0.2, 0.25) is 0 Å². The van der Waals surface area contributed by atoms with E-state index in [0.717, 1.165) is 12.8 Å². The molecule has 1 aliphatic rings. The Kier molecular flexibility index (Phi) is 6.27. The number of aliphatic hydroxyl groups excluding tert-OH is 1. The molecule has 0 radical (unpaired) electrons. The highest BCUT2D eigenvalue weighted by Crippen LogP contribution is 2.21. The van der Waals surface area contributed by atoms with E-state index < -0.39 is 24.5 Å². The van der Waals surface area contributed by atoms with Crippen molar-refractivity contribution < 1.29 is 33.6 Å². The Morgan fingerprint density at radius 3 is 2.33 bits per heavy atom. The molecule has 2 atom stereocenters. The van der Waals surface area contributed by atoms with Crippen molar-refractivity contribution in [3.63, 3.8) is 0 Å². The number of methoxy groups -OCH3 is 1. The van der Waals surface area contributed by atoms with Gasteiger partial charge in [-0.25, -0.2) is 9.59 Å². The summed E-state index contributed by atoms with van der Waals surface area (Å²) in [5, 5.41) is 9.58. The lowest BCUT2D eigenvalue weighted by molar-refractivity contribution is -0.0528. The van der Waals surface area contributed by atoms with Crippen LogP contribution in [-0.2, 0) is 18.9 Å². The molecule has 1 rings (SSSR count). The lowest BCUT2D eigenvalue weighted by atomic mass is 9.95. The van der Waals surface area contributed by atoms with Crippen LogP contribution in [0.5, 0.6) is 0 Å². The van der Waals surface area contributed by atoms with Gasteiger partial charge in [0, 0.05) is 0 Å². The molecule has 104 valence electrons. The van der Waals surface area contributed by atoms with E-state index >= 15 is 0 Å². The Bertz CT molecular complexity index is 279. The van der Waals surface area contributed by atoms with Crippen LogP contribution in [0.15, 0.2) is 0 Å². The summed E-state index contributed by atoms with van der Waals surface area (Å²) in [6.45, 7) is -0.217. The molecule has 0 heterocycles. The van der Waals surface area contributed by atoms with Crippen molar-refractivity contribution >= 4 is 12.3 Å². The summed E-state index contributed by atoms with van der Waals surface area (Å²) in [6.07, 6.45) is 0.274. The van der Waals surface area contributed by atoms with E-state index in [4.69, 9.17) is 4.74 Å². The first-order valence-electron chi connectivity index (χ1n) is 5.85. The Morgan fingerprint density at radius 2 is 1.72 bits per heavy atom. The third-order valence-electron chi connectivity index (χ3n) is 2.61. The van der Waals surface area contributed by atoms with Crippen molar-refractivity contribution in [2.75, 3.05) is 20.3 Å². The molecule has 2 unspecified atom stereocenters. The van der Waals surface area contributed by atoms with Gasteiger partial charge in [-0.3, -0.25) is 0 Å². The Hall–Kier alpha value is -1.50. The van der Waals surface area contributed by atoms with Crippen LogP contribution in [0.4, 0.5) is 9.59 Å². The van der Waals surface area contributed by atoms with Crippen LogP contribution in [0.2, 0.25) is 0 Å². The van der Waals surface area contributed by atoms with Crippen molar-refractivity contribution in [2.45, 2.75) is 37.9 Å². The van der Waals surface area contributed by atoms with Gasteiger partial charge in [-0.1, -0.05) is 6.42 Å². The zero-order chi connectivity index (χ0) is 13.4. The molecule has 1 saturated carbocycles. The van der Waals surface area contributed by atoms with Crippen LogP contribution in [0.3, 0.4) is 0 Å². The second-order valence-electron chi connectivity index (χ2n) is 3.91. The van der Waals surface area contributed by atoms with E-state index in [1.165, 1.54) is 7.11 Å².